The number of aromatic nitrogens is 2. The minimum absolute atomic E-state index is 0.195. The van der Waals surface area contributed by atoms with E-state index in [0.717, 1.165) is 37.2 Å². The zero-order valence-electron chi connectivity index (χ0n) is 10.8. The Morgan fingerprint density at radius 3 is 2.76 bits per heavy atom. The van der Waals surface area contributed by atoms with Gasteiger partial charge in [0.2, 0.25) is 0 Å². The van der Waals surface area contributed by atoms with Crippen molar-refractivity contribution < 1.29 is 9.53 Å². The summed E-state index contributed by atoms with van der Waals surface area (Å²) in [7, 11) is 1.64. The highest BCUT2D eigenvalue weighted by Crippen LogP contribution is 2.36. The Morgan fingerprint density at radius 2 is 2.29 bits per heavy atom. The van der Waals surface area contributed by atoms with Gasteiger partial charge in [0.15, 0.2) is 5.78 Å². The lowest BCUT2D eigenvalue weighted by Gasteiger charge is -2.38. The Kier molecular flexibility index (Phi) is 3.33. The van der Waals surface area contributed by atoms with Crippen molar-refractivity contribution in [1.29, 1.82) is 0 Å². The van der Waals surface area contributed by atoms with Gasteiger partial charge in [-0.15, -0.1) is 0 Å². The molecular formula is C13H20N2O2. The molecule has 4 nitrogen and oxygen atoms in total. The van der Waals surface area contributed by atoms with Crippen molar-refractivity contribution in [2.24, 2.45) is 0 Å². The average molecular weight is 236 g/mol. The molecule has 0 radical (unpaired) electrons. The predicted molar refractivity (Wildman–Crippen MR) is 64.9 cm³/mol. The van der Waals surface area contributed by atoms with Crippen molar-refractivity contribution in [1.82, 2.24) is 9.78 Å². The zero-order chi connectivity index (χ0) is 12.5. The minimum Gasteiger partial charge on any atom is -0.370 e. The Morgan fingerprint density at radius 1 is 1.59 bits per heavy atom. The second-order valence-corrected chi connectivity index (χ2v) is 4.74. The van der Waals surface area contributed by atoms with Crippen molar-refractivity contribution in [3.8, 4) is 0 Å². The predicted octanol–water partition coefficient (Wildman–Crippen LogP) is 1.89. The van der Waals surface area contributed by atoms with Gasteiger partial charge in [0.25, 0.3) is 0 Å². The lowest BCUT2D eigenvalue weighted by atomic mass is 9.75. The molecule has 1 saturated carbocycles. The summed E-state index contributed by atoms with van der Waals surface area (Å²) in [5, 5.41) is 4.36. The lowest BCUT2D eigenvalue weighted by Crippen LogP contribution is -2.48. The van der Waals surface area contributed by atoms with E-state index in [1.807, 2.05) is 24.6 Å². The van der Waals surface area contributed by atoms with Gasteiger partial charge < -0.3 is 4.74 Å². The summed E-state index contributed by atoms with van der Waals surface area (Å²) in [6, 6.07) is 1.99. The highest BCUT2D eigenvalue weighted by Gasteiger charge is 2.43. The van der Waals surface area contributed by atoms with Gasteiger partial charge in [-0.05, 0) is 39.2 Å². The van der Waals surface area contributed by atoms with Gasteiger partial charge in [-0.25, -0.2) is 0 Å². The summed E-state index contributed by atoms with van der Waals surface area (Å²) in [5.41, 5.74) is 1.46. The Hall–Kier alpha value is -1.16. The van der Waals surface area contributed by atoms with Gasteiger partial charge in [-0.3, -0.25) is 9.48 Å². The van der Waals surface area contributed by atoms with Crippen molar-refractivity contribution >= 4 is 5.78 Å². The van der Waals surface area contributed by atoms with Crippen LogP contribution in [0.4, 0.5) is 0 Å². The van der Waals surface area contributed by atoms with E-state index < -0.39 is 5.60 Å². The molecule has 0 bridgehead atoms. The molecular weight excluding hydrogens is 216 g/mol. The quantitative estimate of drug-likeness (QED) is 0.784. The van der Waals surface area contributed by atoms with Crippen LogP contribution in [0.3, 0.4) is 0 Å². The summed E-state index contributed by atoms with van der Waals surface area (Å²) < 4.78 is 7.31. The van der Waals surface area contributed by atoms with Crippen molar-refractivity contribution in [3.63, 3.8) is 0 Å². The third-order valence-corrected chi connectivity index (χ3v) is 3.69. The van der Waals surface area contributed by atoms with E-state index in [1.54, 1.807) is 7.11 Å². The van der Waals surface area contributed by atoms with Gasteiger partial charge in [-0.2, -0.15) is 5.10 Å². The monoisotopic (exact) mass is 236 g/mol. The average Bonchev–Trinajstić information content (AvgIpc) is 2.58. The smallest absolute Gasteiger partial charge is 0.170 e. The number of carbonyl (C=O) groups excluding carboxylic acids is 1. The van der Waals surface area contributed by atoms with Crippen LogP contribution in [-0.4, -0.2) is 28.3 Å². The van der Waals surface area contributed by atoms with Crippen LogP contribution < -0.4 is 0 Å². The molecule has 1 heterocycles. The van der Waals surface area contributed by atoms with Crippen LogP contribution in [0.25, 0.3) is 0 Å². The molecule has 0 unspecified atom stereocenters. The Balaban J connectivity index is 2.12. The van der Waals surface area contributed by atoms with E-state index >= 15 is 0 Å². The maximum absolute atomic E-state index is 12.3. The first kappa shape index (κ1) is 12.3. The minimum atomic E-state index is -0.503. The van der Waals surface area contributed by atoms with E-state index in [2.05, 4.69) is 5.10 Å². The van der Waals surface area contributed by atoms with Crippen molar-refractivity contribution in [3.05, 3.63) is 17.5 Å². The summed E-state index contributed by atoms with van der Waals surface area (Å²) in [6.45, 7) is 4.79. The zero-order valence-corrected chi connectivity index (χ0v) is 10.8. The molecule has 4 heteroatoms. The fraction of sp³-hybridized carbons (Fsp3) is 0.692. The molecule has 1 aliphatic carbocycles. The van der Waals surface area contributed by atoms with Gasteiger partial charge in [0, 0.05) is 19.3 Å². The second-order valence-electron chi connectivity index (χ2n) is 4.74. The molecule has 0 spiro atoms. The number of methoxy groups -OCH3 is 1. The number of ether oxygens (including phenoxy) is 1. The first-order valence-corrected chi connectivity index (χ1v) is 6.23. The molecule has 1 aliphatic rings. The molecule has 0 saturated heterocycles. The number of ketones is 1. The Bertz CT molecular complexity index is 414. The number of Topliss-reactive ketones (excluding diaryl/α,β-unsaturated/α-hetero) is 1. The molecule has 0 atom stereocenters. The SMILES string of the molecule is CCn1nc(C)cc1CC(=O)C1(OC)CCC1. The van der Waals surface area contributed by atoms with Crippen molar-refractivity contribution in [2.45, 2.75) is 51.7 Å². The van der Waals surface area contributed by atoms with Gasteiger partial charge in [0.1, 0.15) is 5.60 Å². The van der Waals surface area contributed by atoms with Gasteiger partial charge in [0.05, 0.1) is 12.1 Å². The van der Waals surface area contributed by atoms with Crippen LogP contribution in [0.5, 0.6) is 0 Å². The fourth-order valence-electron chi connectivity index (χ4n) is 2.44. The molecule has 17 heavy (non-hydrogen) atoms. The van der Waals surface area contributed by atoms with Crippen LogP contribution >= 0.6 is 0 Å². The summed E-state index contributed by atoms with van der Waals surface area (Å²) in [4.78, 5) is 12.3. The number of hydrogen-bond acceptors (Lipinski definition) is 3. The second kappa shape index (κ2) is 4.61. The number of hydrogen-bond donors (Lipinski definition) is 0. The Labute approximate surface area is 102 Å². The number of carbonyl (C=O) groups is 1. The third-order valence-electron chi connectivity index (χ3n) is 3.69. The highest BCUT2D eigenvalue weighted by molar-refractivity contribution is 5.89. The molecule has 1 fully saturated rings. The molecule has 1 aromatic heterocycles. The summed E-state index contributed by atoms with van der Waals surface area (Å²) in [6.07, 6.45) is 3.25. The largest absolute Gasteiger partial charge is 0.370 e. The van der Waals surface area contributed by atoms with E-state index in [-0.39, 0.29) is 5.78 Å². The van der Waals surface area contributed by atoms with Crippen LogP contribution in [0.2, 0.25) is 0 Å². The molecule has 0 aromatic carbocycles. The van der Waals surface area contributed by atoms with E-state index in [4.69, 9.17) is 4.74 Å². The maximum Gasteiger partial charge on any atom is 0.170 e. The number of aryl methyl sites for hydroxylation is 2. The first-order valence-electron chi connectivity index (χ1n) is 6.23. The van der Waals surface area contributed by atoms with Gasteiger partial charge >= 0.3 is 0 Å². The van der Waals surface area contributed by atoms with Gasteiger partial charge in [-0.1, -0.05) is 0 Å². The first-order chi connectivity index (χ1) is 8.11. The van der Waals surface area contributed by atoms with E-state index in [9.17, 15) is 4.79 Å². The van der Waals surface area contributed by atoms with E-state index in [1.165, 1.54) is 0 Å². The molecule has 0 N–H and O–H groups in total. The van der Waals surface area contributed by atoms with Crippen LogP contribution in [0.1, 0.15) is 37.6 Å². The molecule has 94 valence electrons. The highest BCUT2D eigenvalue weighted by atomic mass is 16.5. The number of nitrogens with zero attached hydrogens (tertiary/aromatic N) is 2. The fourth-order valence-corrected chi connectivity index (χ4v) is 2.44. The number of rotatable bonds is 5. The maximum atomic E-state index is 12.3. The normalized spacial score (nSPS) is 17.8. The van der Waals surface area contributed by atoms with Crippen LogP contribution in [-0.2, 0) is 22.5 Å². The topological polar surface area (TPSA) is 44.1 Å². The molecule has 0 amide bonds. The van der Waals surface area contributed by atoms with Crippen molar-refractivity contribution in [2.75, 3.05) is 7.11 Å². The third kappa shape index (κ3) is 2.14. The lowest BCUT2D eigenvalue weighted by molar-refractivity contribution is -0.151. The van der Waals surface area contributed by atoms with Crippen LogP contribution in [0.15, 0.2) is 6.07 Å². The van der Waals surface area contributed by atoms with E-state index in [0.29, 0.717) is 6.42 Å². The molecule has 2 rings (SSSR count). The standard InChI is InChI=1S/C13H20N2O2/c1-4-15-11(8-10(2)14-15)9-12(16)13(17-3)6-5-7-13/h8H,4-7,9H2,1-3H3. The summed E-state index contributed by atoms with van der Waals surface area (Å²) in [5.74, 6) is 0.195. The summed E-state index contributed by atoms with van der Waals surface area (Å²) >= 11 is 0. The van der Waals surface area contributed by atoms with Crippen LogP contribution in [0, 0.1) is 6.92 Å². The molecule has 1 aromatic rings. The molecule has 0 aliphatic heterocycles.